The number of aryl methyl sites for hydroxylation is 2. The van der Waals surface area contributed by atoms with Crippen molar-refractivity contribution in [2.45, 2.75) is 26.3 Å². The topological polar surface area (TPSA) is 59.8 Å². The minimum absolute atomic E-state index is 0.00427. The van der Waals surface area contributed by atoms with E-state index in [0.717, 1.165) is 29.7 Å². The van der Waals surface area contributed by atoms with Gasteiger partial charge in [-0.1, -0.05) is 0 Å². The van der Waals surface area contributed by atoms with Gasteiger partial charge in [0.05, 0.1) is 5.01 Å². The first-order valence-electron chi connectivity index (χ1n) is 6.09. The van der Waals surface area contributed by atoms with E-state index in [4.69, 9.17) is 0 Å². The highest BCUT2D eigenvalue weighted by molar-refractivity contribution is 7.09. The molecule has 8 heteroatoms. The van der Waals surface area contributed by atoms with Crippen molar-refractivity contribution in [3.05, 3.63) is 34.0 Å². The van der Waals surface area contributed by atoms with E-state index in [-0.39, 0.29) is 5.69 Å². The van der Waals surface area contributed by atoms with Crippen LogP contribution in [0.1, 0.15) is 34.2 Å². The molecule has 0 aliphatic carbocycles. The first kappa shape index (κ1) is 14.6. The molecule has 0 bridgehead atoms. The van der Waals surface area contributed by atoms with Crippen LogP contribution in [0.25, 0.3) is 0 Å². The summed E-state index contributed by atoms with van der Waals surface area (Å²) in [5.74, 6) is -0.445. The molecular weight excluding hydrogens is 286 g/mol. The Bertz CT molecular complexity index is 582. The highest BCUT2D eigenvalue weighted by Crippen LogP contribution is 2.11. The van der Waals surface area contributed by atoms with E-state index in [9.17, 15) is 13.6 Å². The third kappa shape index (κ3) is 3.83. The number of aromatic nitrogens is 3. The van der Waals surface area contributed by atoms with Gasteiger partial charge in [-0.15, -0.1) is 11.3 Å². The lowest BCUT2D eigenvalue weighted by Gasteiger charge is -2.02. The second kappa shape index (κ2) is 6.56. The van der Waals surface area contributed by atoms with Gasteiger partial charge in [0.2, 0.25) is 0 Å². The van der Waals surface area contributed by atoms with Crippen LogP contribution in [0.3, 0.4) is 0 Å². The lowest BCUT2D eigenvalue weighted by molar-refractivity contribution is 0.0560. The summed E-state index contributed by atoms with van der Waals surface area (Å²) in [6, 6.07) is 1.27. The minimum Gasteiger partial charge on any atom is -0.351 e. The molecule has 0 radical (unpaired) electrons. The molecule has 0 aliphatic rings. The van der Waals surface area contributed by atoms with Crippen molar-refractivity contribution in [2.24, 2.45) is 0 Å². The smallest absolute Gasteiger partial charge is 0.333 e. The molecule has 0 atom stereocenters. The fourth-order valence-corrected chi connectivity index (χ4v) is 2.44. The molecule has 2 heterocycles. The lowest BCUT2D eigenvalue weighted by Crippen LogP contribution is -2.25. The summed E-state index contributed by atoms with van der Waals surface area (Å²) in [6.07, 6.45) is 2.61. The van der Waals surface area contributed by atoms with Crippen LogP contribution >= 0.6 is 11.3 Å². The summed E-state index contributed by atoms with van der Waals surface area (Å²) in [5, 5.41) is 9.14. The number of alkyl halides is 2. The van der Waals surface area contributed by atoms with Crippen molar-refractivity contribution < 1.29 is 13.6 Å². The summed E-state index contributed by atoms with van der Waals surface area (Å²) < 4.78 is 25.1. The number of hydrogen-bond acceptors (Lipinski definition) is 4. The number of carbonyl (C=O) groups is 1. The van der Waals surface area contributed by atoms with Crippen LogP contribution in [-0.4, -0.2) is 27.2 Å². The Labute approximate surface area is 118 Å². The molecular formula is C12H14F2N4OS. The van der Waals surface area contributed by atoms with Crippen molar-refractivity contribution in [3.63, 3.8) is 0 Å². The van der Waals surface area contributed by atoms with E-state index in [2.05, 4.69) is 15.4 Å². The zero-order chi connectivity index (χ0) is 14.5. The number of nitrogens with one attached hydrogen (secondary N) is 1. The van der Waals surface area contributed by atoms with E-state index in [1.54, 1.807) is 11.3 Å². The Morgan fingerprint density at radius 3 is 2.95 bits per heavy atom. The Morgan fingerprint density at radius 2 is 2.35 bits per heavy atom. The van der Waals surface area contributed by atoms with Crippen LogP contribution < -0.4 is 5.32 Å². The van der Waals surface area contributed by atoms with E-state index in [1.165, 1.54) is 6.07 Å². The van der Waals surface area contributed by atoms with Gasteiger partial charge in [-0.25, -0.2) is 9.67 Å². The monoisotopic (exact) mass is 300 g/mol. The van der Waals surface area contributed by atoms with Crippen LogP contribution in [0.2, 0.25) is 0 Å². The SMILES string of the molecule is Cc1csc(CCCNC(=O)c2ccn(C(F)F)n2)n1. The van der Waals surface area contributed by atoms with Crippen LogP contribution in [-0.2, 0) is 6.42 Å². The second-order valence-corrected chi connectivity index (χ2v) is 5.14. The molecule has 0 fully saturated rings. The molecule has 0 aliphatic heterocycles. The Balaban J connectivity index is 1.74. The van der Waals surface area contributed by atoms with Gasteiger partial charge in [0.1, 0.15) is 5.69 Å². The van der Waals surface area contributed by atoms with Crippen LogP contribution in [0, 0.1) is 6.92 Å². The van der Waals surface area contributed by atoms with Crippen LogP contribution in [0.5, 0.6) is 0 Å². The summed E-state index contributed by atoms with van der Waals surface area (Å²) in [6.45, 7) is -0.343. The van der Waals surface area contributed by atoms with Gasteiger partial charge < -0.3 is 5.32 Å². The zero-order valence-electron chi connectivity index (χ0n) is 10.8. The number of nitrogens with zero attached hydrogens (tertiary/aromatic N) is 3. The summed E-state index contributed by atoms with van der Waals surface area (Å²) in [7, 11) is 0. The molecule has 0 aromatic carbocycles. The van der Waals surface area contributed by atoms with Gasteiger partial charge >= 0.3 is 6.55 Å². The van der Waals surface area contributed by atoms with Gasteiger partial charge in [-0.3, -0.25) is 4.79 Å². The maximum Gasteiger partial charge on any atom is 0.333 e. The molecule has 2 aromatic heterocycles. The fourth-order valence-electron chi connectivity index (χ4n) is 1.62. The van der Waals surface area contributed by atoms with Crippen molar-refractivity contribution in [2.75, 3.05) is 6.54 Å². The van der Waals surface area contributed by atoms with Gasteiger partial charge in [0, 0.05) is 30.2 Å². The highest BCUT2D eigenvalue weighted by atomic mass is 32.1. The van der Waals surface area contributed by atoms with Crippen LogP contribution in [0.4, 0.5) is 8.78 Å². The third-order valence-corrected chi connectivity index (χ3v) is 3.59. The number of hydrogen-bond donors (Lipinski definition) is 1. The zero-order valence-corrected chi connectivity index (χ0v) is 11.7. The molecule has 1 N–H and O–H groups in total. The fraction of sp³-hybridized carbons (Fsp3) is 0.417. The molecule has 2 aromatic rings. The molecule has 20 heavy (non-hydrogen) atoms. The number of amides is 1. The number of carbonyl (C=O) groups excluding carboxylic acids is 1. The molecule has 0 saturated heterocycles. The van der Waals surface area contributed by atoms with Gasteiger partial charge in [-0.05, 0) is 19.4 Å². The van der Waals surface area contributed by atoms with Gasteiger partial charge in [0.25, 0.3) is 5.91 Å². The van der Waals surface area contributed by atoms with E-state index in [0.29, 0.717) is 11.2 Å². The van der Waals surface area contributed by atoms with Crippen molar-refractivity contribution in [1.82, 2.24) is 20.1 Å². The van der Waals surface area contributed by atoms with Crippen molar-refractivity contribution in [3.8, 4) is 0 Å². The molecule has 0 saturated carbocycles. The Kier molecular flexibility index (Phi) is 4.78. The maximum absolute atomic E-state index is 12.3. The molecule has 2 rings (SSSR count). The molecule has 1 amide bonds. The number of halogens is 2. The Morgan fingerprint density at radius 1 is 1.55 bits per heavy atom. The average molecular weight is 300 g/mol. The average Bonchev–Trinajstić information content (AvgIpc) is 3.03. The third-order valence-electron chi connectivity index (χ3n) is 2.56. The van der Waals surface area contributed by atoms with Crippen LogP contribution in [0.15, 0.2) is 17.6 Å². The normalized spacial score (nSPS) is 11.0. The maximum atomic E-state index is 12.3. The highest BCUT2D eigenvalue weighted by Gasteiger charge is 2.12. The molecule has 5 nitrogen and oxygen atoms in total. The second-order valence-electron chi connectivity index (χ2n) is 4.20. The standard InChI is InChI=1S/C12H14F2N4OS/c1-8-7-20-10(16-8)3-2-5-15-11(19)9-4-6-18(17-9)12(13)14/h4,6-7,12H,2-3,5H2,1H3,(H,15,19). The molecule has 108 valence electrons. The summed E-state index contributed by atoms with van der Waals surface area (Å²) >= 11 is 1.59. The van der Waals surface area contributed by atoms with E-state index >= 15 is 0 Å². The van der Waals surface area contributed by atoms with E-state index in [1.807, 2.05) is 12.3 Å². The van der Waals surface area contributed by atoms with Crippen molar-refractivity contribution in [1.29, 1.82) is 0 Å². The first-order chi connectivity index (χ1) is 9.56. The quantitative estimate of drug-likeness (QED) is 0.833. The first-order valence-corrected chi connectivity index (χ1v) is 6.97. The predicted molar refractivity (Wildman–Crippen MR) is 71.0 cm³/mol. The van der Waals surface area contributed by atoms with Gasteiger partial charge in [0.15, 0.2) is 0 Å². The minimum atomic E-state index is -2.73. The number of thiazole rings is 1. The van der Waals surface area contributed by atoms with Gasteiger partial charge in [-0.2, -0.15) is 13.9 Å². The number of rotatable bonds is 6. The van der Waals surface area contributed by atoms with E-state index < -0.39 is 12.5 Å². The Hall–Kier alpha value is -1.83. The van der Waals surface area contributed by atoms with Crippen molar-refractivity contribution >= 4 is 17.2 Å². The lowest BCUT2D eigenvalue weighted by atomic mass is 10.3. The predicted octanol–water partition coefficient (Wildman–Crippen LogP) is 2.41. The summed E-state index contributed by atoms with van der Waals surface area (Å²) in [4.78, 5) is 16.0. The largest absolute Gasteiger partial charge is 0.351 e. The molecule has 0 spiro atoms. The summed E-state index contributed by atoms with van der Waals surface area (Å²) in [5.41, 5.74) is 0.988. The molecule has 0 unspecified atom stereocenters.